The lowest BCUT2D eigenvalue weighted by molar-refractivity contribution is 0.402. The predicted octanol–water partition coefficient (Wildman–Crippen LogP) is 1.75. The number of nitrogens with zero attached hydrogens (tertiary/aromatic N) is 1. The normalized spacial score (nSPS) is 27.8. The zero-order valence-corrected chi connectivity index (χ0v) is 8.51. The third-order valence-corrected chi connectivity index (χ3v) is 3.55. The maximum Gasteiger partial charge on any atom is 0.225 e. The fraction of sp³-hybridized carbons (Fsp3) is 0.667. The van der Waals surface area contributed by atoms with E-state index in [1.807, 2.05) is 6.07 Å². The van der Waals surface area contributed by atoms with Crippen molar-refractivity contribution in [2.45, 2.75) is 31.2 Å². The largest absolute Gasteiger partial charge is 0.480 e. The van der Waals surface area contributed by atoms with Gasteiger partial charge in [-0.05, 0) is 24.4 Å². The quantitative estimate of drug-likeness (QED) is 0.787. The van der Waals surface area contributed by atoms with Crippen LogP contribution in [0.15, 0.2) is 6.07 Å². The lowest BCUT2D eigenvalue weighted by atomic mass is 10.0. The molecule has 1 fully saturated rings. The van der Waals surface area contributed by atoms with Gasteiger partial charge in [-0.15, -0.1) is 0 Å². The number of hydrogen-bond acceptors (Lipinski definition) is 4. The van der Waals surface area contributed by atoms with Crippen molar-refractivity contribution in [3.05, 3.63) is 10.9 Å². The van der Waals surface area contributed by atoms with Crippen LogP contribution in [0.3, 0.4) is 0 Å². The molecule has 1 aromatic heterocycles. The number of hydrogen-bond donors (Lipinski definition) is 1. The van der Waals surface area contributed by atoms with Gasteiger partial charge < -0.3 is 10.5 Å². The van der Waals surface area contributed by atoms with E-state index in [-0.39, 0.29) is 0 Å². The van der Waals surface area contributed by atoms with Gasteiger partial charge in [-0.2, -0.15) is 4.37 Å². The van der Waals surface area contributed by atoms with Crippen molar-refractivity contribution in [1.29, 1.82) is 0 Å². The van der Waals surface area contributed by atoms with Gasteiger partial charge in [0.25, 0.3) is 0 Å². The molecule has 2 atom stereocenters. The van der Waals surface area contributed by atoms with Gasteiger partial charge in [-0.3, -0.25) is 0 Å². The summed E-state index contributed by atoms with van der Waals surface area (Å²) in [5.74, 6) is 1.24. The first-order valence-electron chi connectivity index (χ1n) is 4.57. The Labute approximate surface area is 82.1 Å². The van der Waals surface area contributed by atoms with Gasteiger partial charge >= 0.3 is 0 Å². The van der Waals surface area contributed by atoms with Gasteiger partial charge in [0.2, 0.25) is 5.88 Å². The molecule has 0 radical (unpaired) electrons. The van der Waals surface area contributed by atoms with Gasteiger partial charge in [0.05, 0.1) is 7.11 Å². The molecule has 0 spiro atoms. The SMILES string of the molecule is COc1cc(C2CCCC2N)sn1. The Balaban J connectivity index is 2.15. The maximum absolute atomic E-state index is 6.00. The first-order valence-corrected chi connectivity index (χ1v) is 5.35. The van der Waals surface area contributed by atoms with E-state index in [0.29, 0.717) is 12.0 Å². The van der Waals surface area contributed by atoms with Gasteiger partial charge in [0.1, 0.15) is 0 Å². The zero-order chi connectivity index (χ0) is 9.26. The molecule has 1 aromatic rings. The highest BCUT2D eigenvalue weighted by molar-refractivity contribution is 7.06. The molecule has 0 bridgehead atoms. The Morgan fingerprint density at radius 2 is 2.46 bits per heavy atom. The molecule has 2 unspecified atom stereocenters. The van der Waals surface area contributed by atoms with Crippen LogP contribution >= 0.6 is 11.5 Å². The van der Waals surface area contributed by atoms with Crippen LogP contribution in [0, 0.1) is 0 Å². The lowest BCUT2D eigenvalue weighted by Crippen LogP contribution is -2.21. The number of methoxy groups -OCH3 is 1. The van der Waals surface area contributed by atoms with Gasteiger partial charge in [-0.25, -0.2) is 0 Å². The van der Waals surface area contributed by atoms with E-state index in [9.17, 15) is 0 Å². The summed E-state index contributed by atoms with van der Waals surface area (Å²) in [6, 6.07) is 2.34. The Morgan fingerprint density at radius 1 is 1.62 bits per heavy atom. The number of nitrogens with two attached hydrogens (primary N) is 1. The van der Waals surface area contributed by atoms with Crippen molar-refractivity contribution in [1.82, 2.24) is 4.37 Å². The van der Waals surface area contributed by atoms with Crippen LogP contribution in [0.25, 0.3) is 0 Å². The minimum atomic E-state index is 0.324. The minimum absolute atomic E-state index is 0.324. The van der Waals surface area contributed by atoms with E-state index in [1.165, 1.54) is 29.3 Å². The third-order valence-electron chi connectivity index (χ3n) is 2.65. The summed E-state index contributed by atoms with van der Waals surface area (Å²) in [6.45, 7) is 0. The number of rotatable bonds is 2. The summed E-state index contributed by atoms with van der Waals surface area (Å²) < 4.78 is 9.23. The fourth-order valence-electron chi connectivity index (χ4n) is 1.89. The van der Waals surface area contributed by atoms with Crippen molar-refractivity contribution < 1.29 is 4.74 Å². The van der Waals surface area contributed by atoms with Crippen LogP contribution in [0.2, 0.25) is 0 Å². The molecule has 1 saturated carbocycles. The molecular weight excluding hydrogens is 184 g/mol. The monoisotopic (exact) mass is 198 g/mol. The van der Waals surface area contributed by atoms with E-state index in [4.69, 9.17) is 10.5 Å². The van der Waals surface area contributed by atoms with Crippen LogP contribution in [-0.4, -0.2) is 17.5 Å². The van der Waals surface area contributed by atoms with Crippen molar-refractivity contribution >= 4 is 11.5 Å². The summed E-state index contributed by atoms with van der Waals surface area (Å²) >= 11 is 1.52. The Bertz CT molecular complexity index is 287. The first-order chi connectivity index (χ1) is 6.31. The van der Waals surface area contributed by atoms with Crippen LogP contribution in [-0.2, 0) is 0 Å². The topological polar surface area (TPSA) is 48.1 Å². The molecule has 2 rings (SSSR count). The second-order valence-electron chi connectivity index (χ2n) is 3.47. The summed E-state index contributed by atoms with van der Waals surface area (Å²) in [4.78, 5) is 1.28. The highest BCUT2D eigenvalue weighted by Gasteiger charge is 2.27. The molecule has 2 N–H and O–H groups in total. The summed E-state index contributed by atoms with van der Waals surface area (Å²) in [6.07, 6.45) is 3.59. The van der Waals surface area contributed by atoms with Gasteiger partial charge in [0.15, 0.2) is 0 Å². The molecule has 3 nitrogen and oxygen atoms in total. The van der Waals surface area contributed by atoms with Crippen molar-refractivity contribution in [3.8, 4) is 5.88 Å². The van der Waals surface area contributed by atoms with E-state index >= 15 is 0 Å². The molecule has 4 heteroatoms. The van der Waals surface area contributed by atoms with E-state index < -0.39 is 0 Å². The first kappa shape index (κ1) is 8.97. The highest BCUT2D eigenvalue weighted by Crippen LogP contribution is 2.36. The molecule has 0 aliphatic heterocycles. The third kappa shape index (κ3) is 1.69. The Kier molecular flexibility index (Phi) is 2.51. The van der Waals surface area contributed by atoms with Gasteiger partial charge in [-0.1, -0.05) is 6.42 Å². The van der Waals surface area contributed by atoms with Crippen LogP contribution in [0.4, 0.5) is 0 Å². The fourth-order valence-corrected chi connectivity index (χ4v) is 2.79. The smallest absolute Gasteiger partial charge is 0.225 e. The predicted molar refractivity (Wildman–Crippen MR) is 53.2 cm³/mol. The number of aromatic nitrogens is 1. The minimum Gasteiger partial charge on any atom is -0.480 e. The summed E-state index contributed by atoms with van der Waals surface area (Å²) in [5.41, 5.74) is 6.00. The molecule has 13 heavy (non-hydrogen) atoms. The summed E-state index contributed by atoms with van der Waals surface area (Å²) in [7, 11) is 1.65. The standard InChI is InChI=1S/C9H14N2OS/c1-12-9-5-8(13-11-9)6-3-2-4-7(6)10/h5-7H,2-4,10H2,1H3. The van der Waals surface area contributed by atoms with E-state index in [2.05, 4.69) is 4.37 Å². The van der Waals surface area contributed by atoms with Crippen LogP contribution in [0.5, 0.6) is 5.88 Å². The second kappa shape index (κ2) is 3.64. The molecule has 0 aromatic carbocycles. The Morgan fingerprint density at radius 3 is 3.00 bits per heavy atom. The summed E-state index contributed by atoms with van der Waals surface area (Å²) in [5, 5.41) is 0. The molecule has 0 saturated heterocycles. The molecular formula is C9H14N2OS. The molecule has 72 valence electrons. The van der Waals surface area contributed by atoms with Crippen LogP contribution < -0.4 is 10.5 Å². The highest BCUT2D eigenvalue weighted by atomic mass is 32.1. The lowest BCUT2D eigenvalue weighted by Gasteiger charge is -2.11. The molecule has 1 aliphatic carbocycles. The second-order valence-corrected chi connectivity index (χ2v) is 4.31. The number of ether oxygens (including phenoxy) is 1. The molecule has 1 aliphatic rings. The van der Waals surface area contributed by atoms with Gasteiger partial charge in [0, 0.05) is 22.9 Å². The van der Waals surface area contributed by atoms with Crippen LogP contribution in [0.1, 0.15) is 30.1 Å². The van der Waals surface area contributed by atoms with Crippen molar-refractivity contribution in [2.75, 3.05) is 7.11 Å². The average Bonchev–Trinajstić information content (AvgIpc) is 2.71. The maximum atomic E-state index is 6.00. The average molecular weight is 198 g/mol. The van der Waals surface area contributed by atoms with Crippen molar-refractivity contribution in [2.24, 2.45) is 5.73 Å². The van der Waals surface area contributed by atoms with Crippen molar-refractivity contribution in [3.63, 3.8) is 0 Å². The van der Waals surface area contributed by atoms with E-state index in [1.54, 1.807) is 7.11 Å². The molecule has 0 amide bonds. The zero-order valence-electron chi connectivity index (χ0n) is 7.69. The van der Waals surface area contributed by atoms with E-state index in [0.717, 1.165) is 12.3 Å². The molecule has 1 heterocycles. The Hall–Kier alpha value is -0.610.